The fraction of sp³-hybridized carbons (Fsp3) is 0.245. The van der Waals surface area contributed by atoms with E-state index in [1.165, 1.54) is 0 Å². The third-order valence-corrected chi connectivity index (χ3v) is 12.7. The molecule has 10 aromatic rings. The molecule has 0 amide bonds. The van der Waals surface area contributed by atoms with Gasteiger partial charge in [-0.05, 0) is 66.7 Å². The van der Waals surface area contributed by atoms with Crippen molar-refractivity contribution in [2.45, 2.75) is 0 Å². The summed E-state index contributed by atoms with van der Waals surface area (Å²) in [6.07, 6.45) is 15.2. The predicted octanol–water partition coefficient (Wildman–Crippen LogP) is 6.92. The van der Waals surface area contributed by atoms with Gasteiger partial charge in [0.2, 0.25) is 0 Å². The molecule has 12 rings (SSSR count). The summed E-state index contributed by atoms with van der Waals surface area (Å²) >= 11 is 0. The quantitative estimate of drug-likeness (QED) is 0.135. The third kappa shape index (κ3) is 9.82. The highest BCUT2D eigenvalue weighted by atomic mass is 16.5. The van der Waals surface area contributed by atoms with E-state index in [9.17, 15) is 0 Å². The van der Waals surface area contributed by atoms with Gasteiger partial charge in [-0.2, -0.15) is 10.2 Å². The van der Waals surface area contributed by atoms with Crippen LogP contribution in [0.2, 0.25) is 0 Å². The van der Waals surface area contributed by atoms with Crippen LogP contribution in [0.15, 0.2) is 147 Å². The highest BCUT2D eigenvalue weighted by Gasteiger charge is 2.17. The Balaban J connectivity index is 0.000000154. The van der Waals surface area contributed by atoms with Crippen molar-refractivity contribution < 1.29 is 12.2 Å². The number of rotatable bonds is 12. The summed E-state index contributed by atoms with van der Waals surface area (Å²) in [7, 11) is 2.16. The van der Waals surface area contributed by atoms with E-state index in [0.29, 0.717) is 13.2 Å². The Morgan fingerprint density at radius 1 is 0.507 bits per heavy atom. The lowest BCUT2D eigenvalue weighted by atomic mass is 10.0. The number of nitrogens with zero attached hydrogens (tertiary/aromatic N) is 13. The van der Waals surface area contributed by atoms with Gasteiger partial charge < -0.3 is 19.7 Å². The van der Waals surface area contributed by atoms with Gasteiger partial charge in [0.15, 0.2) is 11.3 Å². The first-order valence-electron chi connectivity index (χ1n) is 24.3. The largest absolute Gasteiger partial charge is 0.491 e. The van der Waals surface area contributed by atoms with Gasteiger partial charge in [-0.25, -0.2) is 19.0 Å². The molecule has 2 aliphatic rings. The van der Waals surface area contributed by atoms with Crippen LogP contribution in [0.4, 0.5) is 0 Å². The van der Waals surface area contributed by atoms with Crippen LogP contribution in [0.1, 0.15) is 2.74 Å². The van der Waals surface area contributed by atoms with Gasteiger partial charge in [-0.1, -0.05) is 36.4 Å². The van der Waals surface area contributed by atoms with Crippen molar-refractivity contribution in [1.82, 2.24) is 69.1 Å². The number of aromatic nitrogens is 10. The maximum absolute atomic E-state index is 7.80. The van der Waals surface area contributed by atoms with Crippen molar-refractivity contribution in [3.05, 3.63) is 147 Å². The van der Waals surface area contributed by atoms with E-state index < -0.39 is 0 Å². The Bertz CT molecular complexity index is 3450. The number of fused-ring (bicyclic) bond motifs is 4. The molecule has 16 heteroatoms. The first-order chi connectivity index (χ1) is 34.9. The molecule has 0 aliphatic carbocycles. The number of ether oxygens (including phenoxy) is 2. The molecular formula is C53H52N14O2. The van der Waals surface area contributed by atoms with Crippen molar-refractivity contribution in [1.29, 1.82) is 0 Å². The first-order valence-corrected chi connectivity index (χ1v) is 23.3. The van der Waals surface area contributed by atoms with E-state index in [4.69, 9.17) is 22.2 Å². The monoisotopic (exact) mass is 918 g/mol. The van der Waals surface area contributed by atoms with Crippen molar-refractivity contribution in [3.63, 3.8) is 0 Å². The summed E-state index contributed by atoms with van der Waals surface area (Å²) in [5, 5.41) is 14.4. The van der Waals surface area contributed by atoms with Gasteiger partial charge in [-0.15, -0.1) is 0 Å². The van der Waals surface area contributed by atoms with Crippen LogP contribution in [0.3, 0.4) is 0 Å². The molecule has 346 valence electrons. The molecule has 0 spiro atoms. The zero-order valence-corrected chi connectivity index (χ0v) is 38.3. The second-order valence-electron chi connectivity index (χ2n) is 17.2. The average molecular weight is 919 g/mol. The second-order valence-corrected chi connectivity index (χ2v) is 17.2. The summed E-state index contributed by atoms with van der Waals surface area (Å²) < 4.78 is 30.9. The van der Waals surface area contributed by atoms with Gasteiger partial charge in [0.05, 0.1) is 50.0 Å². The minimum atomic E-state index is 0.251. The lowest BCUT2D eigenvalue weighted by Gasteiger charge is -2.32. The Hall–Kier alpha value is -7.76. The van der Waals surface area contributed by atoms with Crippen molar-refractivity contribution in [3.8, 4) is 56.3 Å². The predicted molar refractivity (Wildman–Crippen MR) is 268 cm³/mol. The van der Waals surface area contributed by atoms with Crippen molar-refractivity contribution >= 4 is 33.1 Å². The number of pyridine rings is 4. The zero-order chi connectivity index (χ0) is 48.1. The molecule has 16 nitrogen and oxygen atoms in total. The Morgan fingerprint density at radius 2 is 1.01 bits per heavy atom. The fourth-order valence-electron chi connectivity index (χ4n) is 8.83. The summed E-state index contributed by atoms with van der Waals surface area (Å²) in [5.41, 5.74) is 10.3. The van der Waals surface area contributed by atoms with Crippen LogP contribution in [-0.2, 0) is 0 Å². The number of benzene rings is 2. The van der Waals surface area contributed by atoms with Crippen molar-refractivity contribution in [2.24, 2.45) is 0 Å². The molecule has 1 N–H and O–H groups in total. The van der Waals surface area contributed by atoms with E-state index in [-0.39, 0.29) is 12.3 Å². The van der Waals surface area contributed by atoms with Gasteiger partial charge >= 0.3 is 0 Å². The summed E-state index contributed by atoms with van der Waals surface area (Å²) in [5.74, 6) is 1.53. The number of hydrogen-bond acceptors (Lipinski definition) is 14. The number of likely N-dealkylation sites (N-methyl/N-ethyl adjacent to an activating group) is 1. The molecule has 2 saturated heterocycles. The maximum atomic E-state index is 7.80. The molecule has 2 fully saturated rings. The van der Waals surface area contributed by atoms with E-state index >= 15 is 0 Å². The number of hydrogen-bond donors (Lipinski definition) is 1. The fourth-order valence-corrected chi connectivity index (χ4v) is 8.83. The molecule has 0 unspecified atom stereocenters. The Kier molecular flexibility index (Phi) is 12.1. The molecule has 0 radical (unpaired) electrons. The van der Waals surface area contributed by atoms with Gasteiger partial charge in [0.25, 0.3) is 0 Å². The highest BCUT2D eigenvalue weighted by molar-refractivity contribution is 5.99. The number of nitrogens with one attached hydrogen (secondary N) is 1. The van der Waals surface area contributed by atoms with Crippen LogP contribution in [0, 0.1) is 0 Å². The lowest BCUT2D eigenvalue weighted by molar-refractivity contribution is 0.133. The standard InChI is InChI=1S/C27H27N7O.C26H25N7O/c1-32-10-12-33(13-11-32)14-15-35-21-7-8-25(29-17-21)20-16-30-27-24(18-31-34(27)19-20)22-4-2-6-26-23(22)5-3-9-28-26;1-3-21(22-4-2-8-28-25(22)5-1)23-17-31-33-18-19(15-30-26(23)33)24-7-6-20(16-29-24)34-14-13-32-11-9-27-10-12-32/h2-9,16-19H,10-15H2,1H3;1-8,15-18,27H,9-14H2/i9D;8D. The lowest BCUT2D eigenvalue weighted by Crippen LogP contribution is -2.45. The molecule has 10 heterocycles. The number of piperazine rings is 2. The molecule has 8 aromatic heterocycles. The van der Waals surface area contributed by atoms with Crippen LogP contribution in [-0.4, -0.2) is 150 Å². The summed E-state index contributed by atoms with van der Waals surface area (Å²) in [6.45, 7) is 11.8. The van der Waals surface area contributed by atoms with Crippen LogP contribution in [0.25, 0.3) is 77.9 Å². The van der Waals surface area contributed by atoms with Crippen molar-refractivity contribution in [2.75, 3.05) is 85.7 Å². The average Bonchev–Trinajstić information content (AvgIpc) is 4.04. The third-order valence-electron chi connectivity index (χ3n) is 12.7. The van der Waals surface area contributed by atoms with Gasteiger partial charge in [0.1, 0.15) is 24.7 Å². The SMILES string of the molecule is [2H]c1ccc2c(-c3cnn4cc(-c5ccc(OCCN6CCN(C)CC6)cn5)cnc34)cccc2n1.[2H]c1ccc2c(-c3cnn4cc(-c5ccc(OCCN6CCNCC6)cn5)cnc34)cccc2n1. The summed E-state index contributed by atoms with van der Waals surface area (Å²) in [4.78, 5) is 34.4. The smallest absolute Gasteiger partial charge is 0.162 e. The van der Waals surface area contributed by atoms with E-state index in [1.807, 2.05) is 110 Å². The minimum absolute atomic E-state index is 0.251. The molecule has 0 saturated carbocycles. The topological polar surface area (TPSA) is 152 Å². The summed E-state index contributed by atoms with van der Waals surface area (Å²) in [6, 6.07) is 26.8. The highest BCUT2D eigenvalue weighted by Crippen LogP contribution is 2.32. The van der Waals surface area contributed by atoms with Crippen LogP contribution in [0.5, 0.6) is 11.5 Å². The van der Waals surface area contributed by atoms with E-state index in [2.05, 4.69) is 57.2 Å². The maximum Gasteiger partial charge on any atom is 0.162 e. The minimum Gasteiger partial charge on any atom is -0.491 e. The van der Waals surface area contributed by atoms with Crippen LogP contribution < -0.4 is 14.8 Å². The van der Waals surface area contributed by atoms with Gasteiger partial charge in [-0.3, -0.25) is 29.7 Å². The first kappa shape index (κ1) is 41.4. The molecule has 2 aromatic carbocycles. The molecule has 0 bridgehead atoms. The Labute approximate surface area is 402 Å². The molecular weight excluding hydrogens is 865 g/mol. The second kappa shape index (κ2) is 20.2. The zero-order valence-electron chi connectivity index (χ0n) is 40.3. The normalized spacial score (nSPS) is 15.3. The van der Waals surface area contributed by atoms with E-state index in [0.717, 1.165) is 155 Å². The van der Waals surface area contributed by atoms with Gasteiger partial charge in [0, 0.05) is 136 Å². The molecule has 2 aliphatic heterocycles. The molecule has 0 atom stereocenters. The van der Waals surface area contributed by atoms with Crippen LogP contribution >= 0.6 is 0 Å². The Morgan fingerprint density at radius 3 is 1.51 bits per heavy atom. The van der Waals surface area contributed by atoms with E-state index in [1.54, 1.807) is 33.6 Å². The molecule has 69 heavy (non-hydrogen) atoms.